The van der Waals surface area contributed by atoms with Crippen LogP contribution in [-0.2, 0) is 12.8 Å². The van der Waals surface area contributed by atoms with Gasteiger partial charge in [-0.3, -0.25) is 0 Å². The molecule has 3 nitrogen and oxygen atoms in total. The summed E-state index contributed by atoms with van der Waals surface area (Å²) in [5.41, 5.74) is 12.4. The van der Waals surface area contributed by atoms with Gasteiger partial charge in [0.25, 0.3) is 0 Å². The number of nitrogens with two attached hydrogens (primary N) is 1. The van der Waals surface area contributed by atoms with Crippen molar-refractivity contribution in [1.82, 2.24) is 9.97 Å². The van der Waals surface area contributed by atoms with Gasteiger partial charge in [-0.25, -0.2) is 9.97 Å². The minimum Gasteiger partial charge on any atom is -0.375 e. The molecule has 0 spiro atoms. The Morgan fingerprint density at radius 2 is 1.37 bits per heavy atom. The van der Waals surface area contributed by atoms with Crippen molar-refractivity contribution < 1.29 is 0 Å². The number of aromatic nitrogens is 2. The van der Waals surface area contributed by atoms with Gasteiger partial charge in [0.05, 0.1) is 25.9 Å². The predicted molar refractivity (Wildman–Crippen MR) is 125 cm³/mol. The highest BCUT2D eigenvalue weighted by molar-refractivity contribution is 7.22. The smallest absolute Gasteiger partial charge is 0.181 e. The van der Waals surface area contributed by atoms with Crippen LogP contribution in [0.15, 0.2) is 41.9 Å². The van der Waals surface area contributed by atoms with Gasteiger partial charge >= 0.3 is 0 Å². The summed E-state index contributed by atoms with van der Waals surface area (Å²) in [6.07, 6.45) is 2.08. The third-order valence-electron chi connectivity index (χ3n) is 3.72. The lowest BCUT2D eigenvalue weighted by Crippen LogP contribution is -1.83. The van der Waals surface area contributed by atoms with E-state index in [-0.39, 0.29) is 0 Å². The molecule has 27 heavy (non-hydrogen) atoms. The number of rotatable bonds is 2. The van der Waals surface area contributed by atoms with Gasteiger partial charge in [0.15, 0.2) is 5.13 Å². The van der Waals surface area contributed by atoms with Crippen LogP contribution in [0.5, 0.6) is 0 Å². The molecule has 0 unspecified atom stereocenters. The minimum absolute atomic E-state index is 0.658. The van der Waals surface area contributed by atoms with Crippen LogP contribution in [0.3, 0.4) is 0 Å². The summed E-state index contributed by atoms with van der Waals surface area (Å²) in [5.74, 6) is 0. The molecule has 0 aliphatic heterocycles. The van der Waals surface area contributed by atoms with E-state index < -0.39 is 0 Å². The van der Waals surface area contributed by atoms with Crippen LogP contribution >= 0.6 is 22.7 Å². The molecule has 2 aromatic heterocycles. The highest BCUT2D eigenvalue weighted by Gasteiger charge is 2.03. The molecule has 0 bridgehead atoms. The average molecular weight is 402 g/mol. The Morgan fingerprint density at radius 1 is 0.815 bits per heavy atom. The molecule has 0 amide bonds. The SMILES string of the molecule is CC.CC.CCc1cccc2sc(N)nc12.CCc1cccc2scnc12. The lowest BCUT2D eigenvalue weighted by Gasteiger charge is -1.95. The molecule has 4 rings (SSSR count). The maximum Gasteiger partial charge on any atom is 0.181 e. The van der Waals surface area contributed by atoms with Crippen molar-refractivity contribution in [3.8, 4) is 0 Å². The fraction of sp³-hybridized carbons (Fsp3) is 0.364. The number of fused-ring (bicyclic) bond motifs is 2. The third-order valence-corrected chi connectivity index (χ3v) is 5.37. The van der Waals surface area contributed by atoms with E-state index in [1.165, 1.54) is 26.0 Å². The molecule has 0 radical (unpaired) electrons. The number of thiazole rings is 2. The molecule has 2 heterocycles. The topological polar surface area (TPSA) is 51.8 Å². The van der Waals surface area contributed by atoms with E-state index in [1.54, 1.807) is 22.7 Å². The zero-order valence-corrected chi connectivity index (χ0v) is 18.9. The number of anilines is 1. The van der Waals surface area contributed by atoms with Crippen molar-refractivity contribution in [2.45, 2.75) is 54.4 Å². The molecular weight excluding hydrogens is 370 g/mol. The number of nitrogen functional groups attached to an aromatic ring is 1. The molecule has 0 saturated carbocycles. The van der Waals surface area contributed by atoms with Crippen molar-refractivity contribution >= 4 is 48.2 Å². The van der Waals surface area contributed by atoms with Crippen molar-refractivity contribution in [2.24, 2.45) is 0 Å². The van der Waals surface area contributed by atoms with E-state index in [2.05, 4.69) is 60.2 Å². The second kappa shape index (κ2) is 12.4. The van der Waals surface area contributed by atoms with Crippen LogP contribution in [0, 0.1) is 0 Å². The van der Waals surface area contributed by atoms with Gasteiger partial charge in [-0.1, -0.05) is 77.1 Å². The van der Waals surface area contributed by atoms with E-state index in [4.69, 9.17) is 5.73 Å². The van der Waals surface area contributed by atoms with Crippen LogP contribution in [-0.4, -0.2) is 9.97 Å². The molecule has 2 aromatic carbocycles. The first-order valence-corrected chi connectivity index (χ1v) is 11.4. The van der Waals surface area contributed by atoms with Crippen molar-refractivity contribution in [3.05, 3.63) is 53.0 Å². The van der Waals surface area contributed by atoms with Gasteiger partial charge in [-0.05, 0) is 36.1 Å². The van der Waals surface area contributed by atoms with Crippen molar-refractivity contribution in [2.75, 3.05) is 5.73 Å². The van der Waals surface area contributed by atoms with Gasteiger partial charge in [0.1, 0.15) is 0 Å². The summed E-state index contributed by atoms with van der Waals surface area (Å²) in [5, 5.41) is 0.658. The number of nitrogens with zero attached hydrogens (tertiary/aromatic N) is 2. The Labute approximate surface area is 171 Å². The molecule has 2 N–H and O–H groups in total. The summed E-state index contributed by atoms with van der Waals surface area (Å²) in [7, 11) is 0. The maximum absolute atomic E-state index is 5.62. The Kier molecular flexibility index (Phi) is 10.6. The van der Waals surface area contributed by atoms with Crippen LogP contribution < -0.4 is 5.73 Å². The highest BCUT2D eigenvalue weighted by Crippen LogP contribution is 2.26. The zero-order valence-electron chi connectivity index (χ0n) is 17.2. The molecule has 0 aliphatic carbocycles. The van der Waals surface area contributed by atoms with Crippen LogP contribution in [0.4, 0.5) is 5.13 Å². The van der Waals surface area contributed by atoms with Crippen LogP contribution in [0.1, 0.15) is 52.7 Å². The Balaban J connectivity index is 0.000000229. The lowest BCUT2D eigenvalue weighted by atomic mass is 10.1. The fourth-order valence-corrected chi connectivity index (χ4v) is 4.05. The summed E-state index contributed by atoms with van der Waals surface area (Å²) >= 11 is 3.25. The van der Waals surface area contributed by atoms with Gasteiger partial charge in [0, 0.05) is 0 Å². The summed E-state index contributed by atoms with van der Waals surface area (Å²) in [6, 6.07) is 12.6. The van der Waals surface area contributed by atoms with Gasteiger partial charge in [0.2, 0.25) is 0 Å². The molecule has 0 atom stereocenters. The van der Waals surface area contributed by atoms with Gasteiger partial charge in [-0.15, -0.1) is 11.3 Å². The van der Waals surface area contributed by atoms with E-state index in [0.717, 1.165) is 18.4 Å². The van der Waals surface area contributed by atoms with Crippen LogP contribution in [0.25, 0.3) is 20.4 Å². The normalized spacial score (nSPS) is 9.56. The van der Waals surface area contributed by atoms with Crippen LogP contribution in [0.2, 0.25) is 0 Å². The van der Waals surface area contributed by atoms with E-state index in [0.29, 0.717) is 5.13 Å². The van der Waals surface area contributed by atoms with E-state index in [9.17, 15) is 0 Å². The molecule has 0 fully saturated rings. The maximum atomic E-state index is 5.62. The lowest BCUT2D eigenvalue weighted by molar-refractivity contribution is 1.15. The Bertz CT molecular complexity index is 926. The second-order valence-corrected chi connectivity index (χ2v) is 7.09. The summed E-state index contributed by atoms with van der Waals surface area (Å²) in [6.45, 7) is 12.3. The molecular formula is C22H31N3S2. The molecule has 0 saturated heterocycles. The fourth-order valence-electron chi connectivity index (χ4n) is 2.54. The quantitative estimate of drug-likeness (QED) is 0.382. The van der Waals surface area contributed by atoms with Gasteiger partial charge in [-0.2, -0.15) is 0 Å². The number of para-hydroxylation sites is 2. The molecule has 146 valence electrons. The van der Waals surface area contributed by atoms with Crippen molar-refractivity contribution in [1.29, 1.82) is 0 Å². The number of hydrogen-bond donors (Lipinski definition) is 1. The summed E-state index contributed by atoms with van der Waals surface area (Å²) in [4.78, 5) is 8.59. The molecule has 0 aliphatic rings. The molecule has 5 heteroatoms. The Hall–Kier alpha value is -1.98. The molecule has 4 aromatic rings. The number of aryl methyl sites for hydroxylation is 2. The van der Waals surface area contributed by atoms with Crippen molar-refractivity contribution in [3.63, 3.8) is 0 Å². The first-order valence-electron chi connectivity index (χ1n) is 9.68. The number of hydrogen-bond acceptors (Lipinski definition) is 5. The van der Waals surface area contributed by atoms with Gasteiger partial charge < -0.3 is 5.73 Å². The average Bonchev–Trinajstić information content (AvgIpc) is 3.36. The highest BCUT2D eigenvalue weighted by atomic mass is 32.1. The number of benzene rings is 2. The standard InChI is InChI=1S/C9H10N2S.C9H9NS.2C2H6/c1-2-6-4-3-5-7-8(6)11-9(10)12-7;1-2-7-4-3-5-8-9(7)10-6-11-8;2*1-2/h3-5H,2H2,1H3,(H2,10,11);3-6H,2H2,1H3;2*1-2H3. The Morgan fingerprint density at radius 3 is 1.96 bits per heavy atom. The monoisotopic (exact) mass is 401 g/mol. The largest absolute Gasteiger partial charge is 0.375 e. The minimum atomic E-state index is 0.658. The predicted octanol–water partition coefficient (Wildman–Crippen LogP) is 7.35. The second-order valence-electron chi connectivity index (χ2n) is 5.14. The van der Waals surface area contributed by atoms with E-state index in [1.807, 2.05) is 33.2 Å². The first kappa shape index (κ1) is 23.1. The zero-order chi connectivity index (χ0) is 20.2. The summed E-state index contributed by atoms with van der Waals surface area (Å²) < 4.78 is 2.48. The third kappa shape index (κ3) is 6.01. The first-order chi connectivity index (χ1) is 13.2. The van der Waals surface area contributed by atoms with E-state index >= 15 is 0 Å².